The Morgan fingerprint density at radius 2 is 2.00 bits per heavy atom. The molecule has 1 aliphatic rings. The van der Waals surface area contributed by atoms with Crippen LogP contribution in [-0.2, 0) is 16.0 Å². The van der Waals surface area contributed by atoms with Crippen LogP contribution in [0.15, 0.2) is 41.1 Å². The monoisotopic (exact) mass is 458 g/mol. The maximum absolute atomic E-state index is 15.4. The van der Waals surface area contributed by atoms with Gasteiger partial charge in [-0.25, -0.2) is 18.0 Å². The number of benzene rings is 2. The number of methoxy groups -OCH3 is 1. The van der Waals surface area contributed by atoms with E-state index in [2.05, 4.69) is 9.89 Å². The maximum Gasteiger partial charge on any atom is 0.330 e. The molecule has 0 saturated heterocycles. The number of esters is 1. The summed E-state index contributed by atoms with van der Waals surface area (Å²) in [5, 5.41) is 4.64. The molecule has 2 atom stereocenters. The van der Waals surface area contributed by atoms with Gasteiger partial charge in [0.05, 0.1) is 19.3 Å². The van der Waals surface area contributed by atoms with E-state index < -0.39 is 29.3 Å². The molecule has 1 aliphatic heterocycles. The lowest BCUT2D eigenvalue weighted by Crippen LogP contribution is -2.48. The van der Waals surface area contributed by atoms with Crippen LogP contribution >= 0.6 is 0 Å². The van der Waals surface area contributed by atoms with Crippen LogP contribution in [0.3, 0.4) is 0 Å². The van der Waals surface area contributed by atoms with E-state index in [-0.39, 0.29) is 23.7 Å². The van der Waals surface area contributed by atoms with Gasteiger partial charge >= 0.3 is 5.97 Å². The van der Waals surface area contributed by atoms with Crippen molar-refractivity contribution in [2.75, 3.05) is 13.7 Å². The molecule has 0 amide bonds. The second-order valence-corrected chi connectivity index (χ2v) is 8.97. The second kappa shape index (κ2) is 8.67. The Kier molecular flexibility index (Phi) is 6.05. The van der Waals surface area contributed by atoms with Crippen LogP contribution in [-0.4, -0.2) is 41.4 Å². The molecule has 33 heavy (non-hydrogen) atoms. The van der Waals surface area contributed by atoms with Crippen LogP contribution in [0, 0.1) is 11.6 Å². The number of ether oxygens (including phenoxy) is 1. The molecule has 0 saturated carbocycles. The molecule has 0 radical (unpaired) electrons. The van der Waals surface area contributed by atoms with Gasteiger partial charge in [0.2, 0.25) is 0 Å². The van der Waals surface area contributed by atoms with E-state index in [1.165, 1.54) is 27.0 Å². The molecule has 5 nitrogen and oxygen atoms in total. The minimum Gasteiger partial charge on any atom is -0.466 e. The number of fused-ring (bicyclic) bond motifs is 3. The summed E-state index contributed by atoms with van der Waals surface area (Å²) < 4.78 is 55.5. The van der Waals surface area contributed by atoms with Crippen LogP contribution in [0.1, 0.15) is 49.1 Å². The van der Waals surface area contributed by atoms with Gasteiger partial charge in [0.1, 0.15) is 17.3 Å². The average molecular weight is 458 g/mol. The summed E-state index contributed by atoms with van der Waals surface area (Å²) in [7, 11) is 1.21. The fraction of sp³-hybridized carbons (Fsp3) is 0.360. The molecule has 0 N–H and O–H groups in total. The smallest absolute Gasteiger partial charge is 0.330 e. The molecule has 0 spiro atoms. The number of hydrogen-bond donors (Lipinski definition) is 0. The number of rotatable bonds is 5. The van der Waals surface area contributed by atoms with Crippen molar-refractivity contribution in [3.05, 3.63) is 70.4 Å². The molecule has 8 heteroatoms. The summed E-state index contributed by atoms with van der Waals surface area (Å²) >= 11 is 0. The summed E-state index contributed by atoms with van der Waals surface area (Å²) in [5.74, 6) is -2.20. The molecular weight excluding hydrogens is 433 g/mol. The van der Waals surface area contributed by atoms with Crippen molar-refractivity contribution in [1.29, 1.82) is 0 Å². The number of carbonyl (C=O) groups is 1. The summed E-state index contributed by atoms with van der Waals surface area (Å²) in [4.78, 5) is 13.2. The highest BCUT2D eigenvalue weighted by atomic mass is 19.1. The fourth-order valence-electron chi connectivity index (χ4n) is 4.54. The number of carbonyl (C=O) groups excluding carboxylic acids is 1. The van der Waals surface area contributed by atoms with Crippen molar-refractivity contribution in [3.63, 3.8) is 0 Å². The fourth-order valence-corrected chi connectivity index (χ4v) is 4.54. The molecule has 0 fully saturated rings. The lowest BCUT2D eigenvalue weighted by Gasteiger charge is -2.44. The average Bonchev–Trinajstić information content (AvgIpc) is 3.22. The molecule has 0 bridgehead atoms. The molecule has 2 aromatic carbocycles. The molecule has 174 valence electrons. The van der Waals surface area contributed by atoms with Gasteiger partial charge in [0.15, 0.2) is 5.58 Å². The number of hydrogen-bond acceptors (Lipinski definition) is 5. The molecular formula is C25H25F3N2O3. The Bertz CT molecular complexity index is 1210. The highest BCUT2D eigenvalue weighted by Crippen LogP contribution is 2.43. The zero-order valence-corrected chi connectivity index (χ0v) is 18.9. The van der Waals surface area contributed by atoms with Gasteiger partial charge in [-0.3, -0.25) is 4.90 Å². The zero-order valence-electron chi connectivity index (χ0n) is 18.9. The molecule has 4 rings (SSSR count). The second-order valence-electron chi connectivity index (χ2n) is 8.97. The van der Waals surface area contributed by atoms with Gasteiger partial charge in [-0.1, -0.05) is 11.2 Å². The first-order valence-electron chi connectivity index (χ1n) is 10.6. The lowest BCUT2D eigenvalue weighted by atomic mass is 9.82. The van der Waals surface area contributed by atoms with Gasteiger partial charge in [0, 0.05) is 29.6 Å². The quantitative estimate of drug-likeness (QED) is 0.380. The van der Waals surface area contributed by atoms with E-state index in [1.54, 1.807) is 23.2 Å². The highest BCUT2D eigenvalue weighted by molar-refractivity contribution is 5.87. The third-order valence-corrected chi connectivity index (χ3v) is 5.92. The SMILES string of the molecule is COC(=O)/C=C/c1cc(F)c(C2c3ccc4oncc4c3CC(C)N2CC(C)(C)F)c(F)c1. The Morgan fingerprint density at radius 3 is 2.64 bits per heavy atom. The summed E-state index contributed by atoms with van der Waals surface area (Å²) in [5.41, 5.74) is 0.578. The van der Waals surface area contributed by atoms with E-state index in [0.717, 1.165) is 29.2 Å². The van der Waals surface area contributed by atoms with Gasteiger partial charge < -0.3 is 9.26 Å². The Morgan fingerprint density at radius 1 is 1.30 bits per heavy atom. The minimum atomic E-state index is -1.58. The van der Waals surface area contributed by atoms with Gasteiger partial charge in [-0.2, -0.15) is 0 Å². The van der Waals surface area contributed by atoms with Gasteiger partial charge in [-0.05, 0) is 68.2 Å². The van der Waals surface area contributed by atoms with Crippen molar-refractivity contribution in [3.8, 4) is 0 Å². The summed E-state index contributed by atoms with van der Waals surface area (Å²) in [6, 6.07) is 4.75. The Balaban J connectivity index is 1.88. The third-order valence-electron chi connectivity index (χ3n) is 5.92. The third kappa shape index (κ3) is 4.53. The largest absolute Gasteiger partial charge is 0.466 e. The molecule has 1 aromatic heterocycles. The summed E-state index contributed by atoms with van der Waals surface area (Å²) in [6.07, 6.45) is 4.53. The molecule has 3 aromatic rings. The van der Waals surface area contributed by atoms with Gasteiger partial charge in [0.25, 0.3) is 0 Å². The van der Waals surface area contributed by atoms with E-state index in [1.807, 2.05) is 6.92 Å². The first-order chi connectivity index (χ1) is 15.6. The van der Waals surface area contributed by atoms with Crippen LogP contribution < -0.4 is 0 Å². The Labute approximate surface area is 189 Å². The van der Waals surface area contributed by atoms with E-state index >= 15 is 8.78 Å². The van der Waals surface area contributed by atoms with Crippen molar-refractivity contribution >= 4 is 23.0 Å². The first kappa shape index (κ1) is 23.0. The number of alkyl halides is 1. The number of aromatic nitrogens is 1. The van der Waals surface area contributed by atoms with Crippen molar-refractivity contribution < 1.29 is 27.2 Å². The lowest BCUT2D eigenvalue weighted by molar-refractivity contribution is -0.134. The van der Waals surface area contributed by atoms with E-state index in [4.69, 9.17) is 4.52 Å². The van der Waals surface area contributed by atoms with Crippen LogP contribution in [0.2, 0.25) is 0 Å². The molecule has 0 aliphatic carbocycles. The predicted molar refractivity (Wildman–Crippen MR) is 118 cm³/mol. The van der Waals surface area contributed by atoms with E-state index in [9.17, 15) is 9.18 Å². The zero-order chi connectivity index (χ0) is 23.9. The van der Waals surface area contributed by atoms with Crippen LogP contribution in [0.4, 0.5) is 13.2 Å². The van der Waals surface area contributed by atoms with Crippen molar-refractivity contribution in [1.82, 2.24) is 10.1 Å². The highest BCUT2D eigenvalue weighted by Gasteiger charge is 2.40. The maximum atomic E-state index is 15.4. The molecule has 2 heterocycles. The Hall–Kier alpha value is -3.13. The van der Waals surface area contributed by atoms with Gasteiger partial charge in [-0.15, -0.1) is 0 Å². The molecule has 2 unspecified atom stereocenters. The van der Waals surface area contributed by atoms with Crippen LogP contribution in [0.25, 0.3) is 17.0 Å². The van der Waals surface area contributed by atoms with Crippen molar-refractivity contribution in [2.24, 2.45) is 0 Å². The normalized spacial score (nSPS) is 19.2. The number of halogens is 3. The van der Waals surface area contributed by atoms with Crippen LogP contribution in [0.5, 0.6) is 0 Å². The number of nitrogens with zero attached hydrogens (tertiary/aromatic N) is 2. The topological polar surface area (TPSA) is 55.6 Å². The first-order valence-corrected chi connectivity index (χ1v) is 10.6. The standard InChI is InChI=1S/C25H25F3N2O3/c1-14-9-17-16(6-7-21-18(17)12-29-33-21)24(30(14)13-25(2,3)28)23-19(26)10-15(11-20(23)27)5-8-22(31)32-4/h5-8,10-12,14,24H,9,13H2,1-4H3/b8-5+. The summed E-state index contributed by atoms with van der Waals surface area (Å²) in [6.45, 7) is 4.80. The predicted octanol–water partition coefficient (Wildman–Crippen LogP) is 5.38. The van der Waals surface area contributed by atoms with Crippen molar-refractivity contribution in [2.45, 2.75) is 44.9 Å². The minimum absolute atomic E-state index is 0.0111. The van der Waals surface area contributed by atoms with E-state index in [0.29, 0.717) is 17.6 Å².